The van der Waals surface area contributed by atoms with Crippen LogP contribution >= 0.6 is 11.3 Å². The van der Waals surface area contributed by atoms with Gasteiger partial charge in [0.1, 0.15) is 10.8 Å². The van der Waals surface area contributed by atoms with Crippen molar-refractivity contribution < 1.29 is 18.3 Å². The van der Waals surface area contributed by atoms with Crippen molar-refractivity contribution in [2.45, 2.75) is 53.3 Å². The number of aryl methyl sites for hydroxylation is 2. The van der Waals surface area contributed by atoms with Gasteiger partial charge in [-0.1, -0.05) is 61.4 Å². The third-order valence-corrected chi connectivity index (χ3v) is 7.20. The average molecular weight is 546 g/mol. The minimum atomic E-state index is -3.67. The molecule has 38 heavy (non-hydrogen) atoms. The zero-order chi connectivity index (χ0) is 27.5. The molecule has 0 bridgehead atoms. The first-order chi connectivity index (χ1) is 18.3. The van der Waals surface area contributed by atoms with Gasteiger partial charge in [0.05, 0.1) is 17.0 Å². The van der Waals surface area contributed by atoms with Gasteiger partial charge in [-0.2, -0.15) is 18.2 Å². The summed E-state index contributed by atoms with van der Waals surface area (Å²) in [5.41, 5.74) is 5.29. The smallest absolute Gasteiger partial charge is 0.379 e. The molecule has 1 aliphatic rings. The van der Waals surface area contributed by atoms with E-state index in [1.807, 2.05) is 13.0 Å². The minimum absolute atomic E-state index is 0.205. The maximum Gasteiger partial charge on any atom is 0.379 e. The first-order valence-corrected chi connectivity index (χ1v) is 13.4. The number of anilines is 2. The highest BCUT2D eigenvalue weighted by molar-refractivity contribution is 7.15. The van der Waals surface area contributed by atoms with E-state index >= 15 is 0 Å². The Kier molecular flexibility index (Phi) is 11.3. The average Bonchev–Trinajstić information content (AvgIpc) is 3.15. The highest BCUT2D eigenvalue weighted by Crippen LogP contribution is 2.36. The number of nitrogens with one attached hydrogen (secondary N) is 2. The van der Waals surface area contributed by atoms with Crippen LogP contribution in [-0.4, -0.2) is 39.9 Å². The van der Waals surface area contributed by atoms with Gasteiger partial charge >= 0.3 is 6.68 Å². The van der Waals surface area contributed by atoms with Gasteiger partial charge in [0.2, 0.25) is 5.95 Å². The van der Waals surface area contributed by atoms with E-state index in [9.17, 15) is 18.3 Å². The SMILES string of the molecule is CC[C@H](CO)CCNc1nc(NCc2ccc(C)cc2)nc(C)c1-c1nc2c(s1)CC=CC=C2.FC(F)F. The molecule has 0 unspecified atom stereocenters. The molecule has 1 atom stereocenters. The number of aliphatic hydroxyl groups excluding tert-OH is 1. The predicted octanol–water partition coefficient (Wildman–Crippen LogP) is 6.95. The fourth-order valence-corrected chi connectivity index (χ4v) is 5.01. The molecular weight excluding hydrogens is 511 g/mol. The van der Waals surface area contributed by atoms with Crippen LogP contribution in [0.15, 0.2) is 42.5 Å². The molecule has 1 aromatic carbocycles. The number of alkyl halides is 3. The largest absolute Gasteiger partial charge is 0.396 e. The zero-order valence-electron chi connectivity index (χ0n) is 21.8. The highest BCUT2D eigenvalue weighted by Gasteiger charge is 2.20. The fraction of sp³-hybridized carbons (Fsp3) is 0.393. The molecule has 2 aromatic heterocycles. The van der Waals surface area contributed by atoms with E-state index in [1.165, 1.54) is 16.0 Å². The van der Waals surface area contributed by atoms with Crippen molar-refractivity contribution >= 4 is 29.2 Å². The molecule has 6 nitrogen and oxygen atoms in total. The van der Waals surface area contributed by atoms with Crippen LogP contribution in [0, 0.1) is 19.8 Å². The van der Waals surface area contributed by atoms with E-state index in [4.69, 9.17) is 15.0 Å². The Morgan fingerprint density at radius 3 is 2.45 bits per heavy atom. The molecule has 204 valence electrons. The van der Waals surface area contributed by atoms with Gasteiger partial charge < -0.3 is 15.7 Å². The van der Waals surface area contributed by atoms with Gasteiger partial charge in [-0.05, 0) is 37.8 Å². The van der Waals surface area contributed by atoms with Gasteiger partial charge in [-0.25, -0.2) is 9.97 Å². The van der Waals surface area contributed by atoms with Crippen LogP contribution in [0.4, 0.5) is 24.9 Å². The monoisotopic (exact) mass is 545 g/mol. The minimum Gasteiger partial charge on any atom is -0.396 e. The summed E-state index contributed by atoms with van der Waals surface area (Å²) in [5, 5.41) is 17.4. The molecule has 3 aromatic rings. The van der Waals surface area contributed by atoms with Crippen LogP contribution in [-0.2, 0) is 13.0 Å². The maximum absolute atomic E-state index is 9.67. The molecular formula is C28H34F3N5OS. The molecule has 0 amide bonds. The normalized spacial score (nSPS) is 12.9. The Morgan fingerprint density at radius 1 is 1.03 bits per heavy atom. The van der Waals surface area contributed by atoms with Gasteiger partial charge in [0.25, 0.3) is 0 Å². The van der Waals surface area contributed by atoms with Gasteiger partial charge in [-0.3, -0.25) is 0 Å². The second-order valence-corrected chi connectivity index (χ2v) is 10.0. The number of aliphatic hydroxyl groups is 1. The van der Waals surface area contributed by atoms with Crippen LogP contribution in [0.1, 0.15) is 47.2 Å². The molecule has 2 heterocycles. The van der Waals surface area contributed by atoms with Crippen molar-refractivity contribution in [3.05, 3.63) is 69.9 Å². The summed E-state index contributed by atoms with van der Waals surface area (Å²) < 4.78 is 29.0. The van der Waals surface area contributed by atoms with Crippen LogP contribution < -0.4 is 10.6 Å². The third kappa shape index (κ3) is 8.66. The van der Waals surface area contributed by atoms with Crippen molar-refractivity contribution in [2.75, 3.05) is 23.8 Å². The van der Waals surface area contributed by atoms with Crippen molar-refractivity contribution in [1.82, 2.24) is 15.0 Å². The van der Waals surface area contributed by atoms with Crippen molar-refractivity contribution in [2.24, 2.45) is 5.92 Å². The van der Waals surface area contributed by atoms with Gasteiger partial charge in [-0.15, -0.1) is 11.3 Å². The lowest BCUT2D eigenvalue weighted by Crippen LogP contribution is -2.14. The molecule has 4 rings (SSSR count). The number of nitrogens with zero attached hydrogens (tertiary/aromatic N) is 3. The van der Waals surface area contributed by atoms with Gasteiger partial charge in [0, 0.05) is 31.0 Å². The van der Waals surface area contributed by atoms with Gasteiger partial charge in [0.15, 0.2) is 0 Å². The lowest BCUT2D eigenvalue weighted by molar-refractivity contribution is 0.00819. The summed E-state index contributed by atoms with van der Waals surface area (Å²) in [6.07, 6.45) is 11.0. The lowest BCUT2D eigenvalue weighted by Gasteiger charge is -2.16. The Hall–Kier alpha value is -3.24. The van der Waals surface area contributed by atoms with Crippen molar-refractivity contribution in [3.63, 3.8) is 0 Å². The molecule has 3 N–H and O–H groups in total. The molecule has 0 radical (unpaired) electrons. The number of hydrogen-bond donors (Lipinski definition) is 3. The molecule has 10 heteroatoms. The number of benzene rings is 1. The number of fused-ring (bicyclic) bond motifs is 1. The fourth-order valence-electron chi connectivity index (χ4n) is 3.89. The number of aromatic nitrogens is 3. The number of thiazole rings is 1. The van der Waals surface area contributed by atoms with E-state index in [2.05, 4.69) is 67.0 Å². The maximum atomic E-state index is 9.67. The second kappa shape index (κ2) is 14.6. The number of halogens is 3. The first-order valence-electron chi connectivity index (χ1n) is 12.6. The number of rotatable bonds is 10. The standard InChI is InChI=1S/C27H33N5OS.CHF3/c1-4-20(17-33)14-15-28-25-24(26-31-22-8-6-5-7-9-23(22)34-26)19(3)30-27(32-25)29-16-21-12-10-18(2)11-13-21;2-1(3)4/h5-8,10-13,20,33H,4,9,14-17H2,1-3H3,(H2,28,29,30,32);1H/t20-;/m0./s1. The highest BCUT2D eigenvalue weighted by atomic mass is 32.1. The molecule has 0 saturated heterocycles. The summed E-state index contributed by atoms with van der Waals surface area (Å²) in [6.45, 7) is 4.14. The molecule has 0 saturated carbocycles. The first kappa shape index (κ1) is 29.3. The van der Waals surface area contributed by atoms with E-state index in [0.717, 1.165) is 53.6 Å². The van der Waals surface area contributed by atoms with Crippen molar-refractivity contribution in [3.8, 4) is 10.6 Å². The summed E-state index contributed by atoms with van der Waals surface area (Å²) >= 11 is 1.70. The van der Waals surface area contributed by atoms with E-state index in [-0.39, 0.29) is 12.5 Å². The summed E-state index contributed by atoms with van der Waals surface area (Å²) in [6, 6.07) is 8.46. The van der Waals surface area contributed by atoms with E-state index in [1.54, 1.807) is 11.3 Å². The van der Waals surface area contributed by atoms with Crippen LogP contribution in [0.25, 0.3) is 16.6 Å². The Morgan fingerprint density at radius 2 is 1.76 bits per heavy atom. The molecule has 0 aliphatic heterocycles. The molecule has 0 spiro atoms. The molecule has 1 aliphatic carbocycles. The number of allylic oxidation sites excluding steroid dienone is 3. The zero-order valence-corrected chi connectivity index (χ0v) is 22.7. The Labute approximate surface area is 225 Å². The Balaban J connectivity index is 0.000000934. The van der Waals surface area contributed by atoms with Crippen LogP contribution in [0.2, 0.25) is 0 Å². The van der Waals surface area contributed by atoms with Crippen molar-refractivity contribution in [1.29, 1.82) is 0 Å². The summed E-state index contributed by atoms with van der Waals surface area (Å²) in [5.74, 6) is 1.67. The number of hydrogen-bond acceptors (Lipinski definition) is 7. The quantitative estimate of drug-likeness (QED) is 0.256. The topological polar surface area (TPSA) is 83.0 Å². The lowest BCUT2D eigenvalue weighted by atomic mass is 10.0. The van der Waals surface area contributed by atoms with E-state index in [0.29, 0.717) is 12.5 Å². The second-order valence-electron chi connectivity index (χ2n) is 8.93. The van der Waals surface area contributed by atoms with E-state index < -0.39 is 6.68 Å². The summed E-state index contributed by atoms with van der Waals surface area (Å²) in [4.78, 5) is 15.8. The van der Waals surface area contributed by atoms with Crippen LogP contribution in [0.3, 0.4) is 0 Å². The third-order valence-electron chi connectivity index (χ3n) is 6.09. The van der Waals surface area contributed by atoms with Crippen LogP contribution in [0.5, 0.6) is 0 Å². The predicted molar refractivity (Wildman–Crippen MR) is 149 cm³/mol. The molecule has 0 fully saturated rings. The summed E-state index contributed by atoms with van der Waals surface area (Å²) in [7, 11) is 0. The Bertz CT molecular complexity index is 1220.